The van der Waals surface area contributed by atoms with Gasteiger partial charge in [-0.3, -0.25) is 4.99 Å². The Hall–Kier alpha value is -2.00. The number of hydrogen-bond donors (Lipinski definition) is 0. The lowest BCUT2D eigenvalue weighted by molar-refractivity contribution is 0.414. The van der Waals surface area contributed by atoms with Crippen LogP contribution in [0, 0.1) is 0 Å². The molecule has 4 heteroatoms. The molecule has 0 unspecified atom stereocenters. The van der Waals surface area contributed by atoms with Gasteiger partial charge >= 0.3 is 0 Å². The van der Waals surface area contributed by atoms with Crippen molar-refractivity contribution < 1.29 is 9.47 Å². The van der Waals surface area contributed by atoms with Crippen LogP contribution >= 0.6 is 11.6 Å². The van der Waals surface area contributed by atoms with Gasteiger partial charge in [-0.05, 0) is 62.2 Å². The molecule has 3 rings (SSSR count). The maximum absolute atomic E-state index is 6.31. The summed E-state index contributed by atoms with van der Waals surface area (Å²) in [6.45, 7) is 4.27. The van der Waals surface area contributed by atoms with E-state index in [4.69, 9.17) is 26.1 Å². The fraction of sp³-hybridized carbons (Fsp3) is 0.316. The molecule has 0 fully saturated rings. The van der Waals surface area contributed by atoms with Gasteiger partial charge in [-0.15, -0.1) is 0 Å². The maximum Gasteiger partial charge on any atom is 0.138 e. The first-order valence-electron chi connectivity index (χ1n) is 7.54. The molecule has 120 valence electrons. The van der Waals surface area contributed by atoms with Crippen molar-refractivity contribution in [1.29, 1.82) is 0 Å². The summed E-state index contributed by atoms with van der Waals surface area (Å²) in [6.07, 6.45) is 0.853. The number of aliphatic imine (C=N–C) groups is 1. The third-order valence-corrected chi connectivity index (χ3v) is 4.33. The molecule has 0 N–H and O–H groups in total. The Kier molecular flexibility index (Phi) is 4.07. The molecule has 0 radical (unpaired) electrons. The van der Waals surface area contributed by atoms with Crippen LogP contribution in [0.15, 0.2) is 41.4 Å². The molecule has 0 saturated heterocycles. The molecule has 0 aliphatic carbocycles. The maximum atomic E-state index is 6.31. The Morgan fingerprint density at radius 1 is 1.04 bits per heavy atom. The molecular formula is C19H20ClNO2. The van der Waals surface area contributed by atoms with Crippen molar-refractivity contribution in [3.8, 4) is 11.5 Å². The second kappa shape index (κ2) is 5.89. The highest BCUT2D eigenvalue weighted by Gasteiger charge is 2.28. The monoisotopic (exact) mass is 329 g/mol. The van der Waals surface area contributed by atoms with Crippen molar-refractivity contribution >= 4 is 17.3 Å². The van der Waals surface area contributed by atoms with E-state index < -0.39 is 0 Å². The van der Waals surface area contributed by atoms with E-state index in [1.807, 2.05) is 36.4 Å². The quantitative estimate of drug-likeness (QED) is 0.828. The molecule has 1 aliphatic rings. The molecule has 0 atom stereocenters. The van der Waals surface area contributed by atoms with Crippen LogP contribution in [-0.4, -0.2) is 25.5 Å². The molecule has 0 aromatic heterocycles. The van der Waals surface area contributed by atoms with E-state index in [-0.39, 0.29) is 5.54 Å². The minimum absolute atomic E-state index is 0.166. The van der Waals surface area contributed by atoms with E-state index in [0.29, 0.717) is 10.8 Å². The number of ether oxygens (including phenoxy) is 2. The highest BCUT2D eigenvalue weighted by molar-refractivity contribution is 6.32. The van der Waals surface area contributed by atoms with Crippen molar-refractivity contribution in [3.05, 3.63) is 58.1 Å². The van der Waals surface area contributed by atoms with Crippen molar-refractivity contribution in [2.75, 3.05) is 14.2 Å². The number of fused-ring (bicyclic) bond motifs is 1. The first-order valence-corrected chi connectivity index (χ1v) is 7.92. The van der Waals surface area contributed by atoms with Gasteiger partial charge in [0.15, 0.2) is 0 Å². The minimum Gasteiger partial charge on any atom is -0.497 e. The zero-order valence-electron chi connectivity index (χ0n) is 13.8. The van der Waals surface area contributed by atoms with Gasteiger partial charge in [0.1, 0.15) is 11.5 Å². The number of nitrogens with zero attached hydrogens (tertiary/aromatic N) is 1. The molecule has 2 aromatic rings. The standard InChI is InChI=1S/C19H20ClNO2/c1-19(2)11-13-9-16(20)17(23-4)10-15(13)18(21-19)12-5-7-14(22-3)8-6-12/h5-10H,11H2,1-4H3. The highest BCUT2D eigenvalue weighted by Crippen LogP contribution is 2.36. The van der Waals surface area contributed by atoms with Crippen molar-refractivity contribution in [2.45, 2.75) is 25.8 Å². The molecule has 1 heterocycles. The summed E-state index contributed by atoms with van der Waals surface area (Å²) in [6, 6.07) is 11.9. The summed E-state index contributed by atoms with van der Waals surface area (Å²) in [5, 5.41) is 0.637. The number of benzene rings is 2. The van der Waals surface area contributed by atoms with Crippen molar-refractivity contribution in [1.82, 2.24) is 0 Å². The van der Waals surface area contributed by atoms with Crippen molar-refractivity contribution in [2.24, 2.45) is 4.99 Å². The van der Waals surface area contributed by atoms with E-state index in [1.165, 1.54) is 5.56 Å². The van der Waals surface area contributed by atoms with Gasteiger partial charge < -0.3 is 9.47 Å². The number of methoxy groups -OCH3 is 2. The van der Waals surface area contributed by atoms with Gasteiger partial charge in [-0.1, -0.05) is 11.6 Å². The van der Waals surface area contributed by atoms with Gasteiger partial charge in [0.05, 0.1) is 30.5 Å². The van der Waals surface area contributed by atoms with Crippen LogP contribution in [0.4, 0.5) is 0 Å². The predicted octanol–water partition coefficient (Wildman–Crippen LogP) is 4.53. The van der Waals surface area contributed by atoms with Crippen LogP contribution in [-0.2, 0) is 6.42 Å². The number of rotatable bonds is 3. The second-order valence-corrected chi connectivity index (χ2v) is 6.73. The summed E-state index contributed by atoms with van der Waals surface area (Å²) >= 11 is 6.31. The zero-order valence-corrected chi connectivity index (χ0v) is 14.6. The molecule has 0 amide bonds. The van der Waals surface area contributed by atoms with E-state index in [0.717, 1.165) is 29.0 Å². The van der Waals surface area contributed by atoms with Crippen LogP contribution in [0.1, 0.15) is 30.5 Å². The SMILES string of the molecule is COc1ccc(C2=NC(C)(C)Cc3cc(Cl)c(OC)cc32)cc1. The third-order valence-electron chi connectivity index (χ3n) is 4.03. The van der Waals surface area contributed by atoms with Gasteiger partial charge in [-0.2, -0.15) is 0 Å². The average molecular weight is 330 g/mol. The van der Waals surface area contributed by atoms with Crippen LogP contribution < -0.4 is 9.47 Å². The molecule has 2 aromatic carbocycles. The average Bonchev–Trinajstić information content (AvgIpc) is 2.53. The summed E-state index contributed by atoms with van der Waals surface area (Å²) in [5.74, 6) is 1.50. The highest BCUT2D eigenvalue weighted by atomic mass is 35.5. The van der Waals surface area contributed by atoms with Crippen LogP contribution in [0.3, 0.4) is 0 Å². The number of hydrogen-bond acceptors (Lipinski definition) is 3. The lowest BCUT2D eigenvalue weighted by atomic mass is 9.85. The molecule has 0 spiro atoms. The van der Waals surface area contributed by atoms with E-state index in [1.54, 1.807) is 14.2 Å². The fourth-order valence-corrected chi connectivity index (χ4v) is 3.22. The fourth-order valence-electron chi connectivity index (χ4n) is 2.96. The third kappa shape index (κ3) is 3.06. The Labute approximate surface area is 141 Å². The van der Waals surface area contributed by atoms with Gasteiger partial charge in [0.2, 0.25) is 0 Å². The Bertz CT molecular complexity index is 764. The summed E-state index contributed by atoms with van der Waals surface area (Å²) in [7, 11) is 3.29. The summed E-state index contributed by atoms with van der Waals surface area (Å²) < 4.78 is 10.6. The van der Waals surface area contributed by atoms with E-state index >= 15 is 0 Å². The second-order valence-electron chi connectivity index (χ2n) is 6.32. The van der Waals surface area contributed by atoms with Crippen LogP contribution in [0.2, 0.25) is 5.02 Å². The van der Waals surface area contributed by atoms with Gasteiger partial charge in [0, 0.05) is 11.1 Å². The molecule has 0 saturated carbocycles. The molecular weight excluding hydrogens is 310 g/mol. The Morgan fingerprint density at radius 2 is 1.74 bits per heavy atom. The first kappa shape index (κ1) is 15.9. The van der Waals surface area contributed by atoms with Crippen LogP contribution in [0.5, 0.6) is 11.5 Å². The molecule has 23 heavy (non-hydrogen) atoms. The number of halogens is 1. The lowest BCUT2D eigenvalue weighted by Gasteiger charge is -2.30. The zero-order chi connectivity index (χ0) is 16.6. The Morgan fingerprint density at radius 3 is 2.35 bits per heavy atom. The Balaban J connectivity index is 2.16. The lowest BCUT2D eigenvalue weighted by Crippen LogP contribution is -2.29. The van der Waals surface area contributed by atoms with Gasteiger partial charge in [-0.25, -0.2) is 0 Å². The van der Waals surface area contributed by atoms with Crippen molar-refractivity contribution in [3.63, 3.8) is 0 Å². The van der Waals surface area contributed by atoms with Crippen LogP contribution in [0.25, 0.3) is 0 Å². The largest absolute Gasteiger partial charge is 0.497 e. The van der Waals surface area contributed by atoms with E-state index in [2.05, 4.69) is 13.8 Å². The molecule has 1 aliphatic heterocycles. The first-order chi connectivity index (χ1) is 10.9. The minimum atomic E-state index is -0.166. The topological polar surface area (TPSA) is 30.8 Å². The van der Waals surface area contributed by atoms with Gasteiger partial charge in [0.25, 0.3) is 0 Å². The summed E-state index contributed by atoms with van der Waals surface area (Å²) in [5.41, 5.74) is 4.13. The molecule has 0 bridgehead atoms. The molecule has 3 nitrogen and oxygen atoms in total. The predicted molar refractivity (Wildman–Crippen MR) is 94.4 cm³/mol. The van der Waals surface area contributed by atoms with E-state index in [9.17, 15) is 0 Å². The summed E-state index contributed by atoms with van der Waals surface area (Å²) in [4.78, 5) is 4.96. The normalized spacial score (nSPS) is 15.6. The smallest absolute Gasteiger partial charge is 0.138 e.